The molecule has 132 valence electrons. The van der Waals surface area contributed by atoms with Gasteiger partial charge < -0.3 is 9.05 Å². The molecule has 0 saturated carbocycles. The summed E-state index contributed by atoms with van der Waals surface area (Å²) in [6.45, 7) is 4.24. The Labute approximate surface area is 146 Å². The Balaban J connectivity index is 2.19. The average Bonchev–Trinajstić information content (AvgIpc) is 2.52. The van der Waals surface area contributed by atoms with E-state index in [2.05, 4.69) is 4.98 Å². The van der Waals surface area contributed by atoms with Crippen molar-refractivity contribution in [2.75, 3.05) is 19.4 Å². The van der Waals surface area contributed by atoms with Crippen LogP contribution >= 0.6 is 19.2 Å². The van der Waals surface area contributed by atoms with Crippen LogP contribution in [-0.4, -0.2) is 28.9 Å². The fraction of sp³-hybridized carbons (Fsp3) is 0.500. The predicted molar refractivity (Wildman–Crippen MR) is 96.0 cm³/mol. The van der Waals surface area contributed by atoms with Gasteiger partial charge in [0.25, 0.3) is 5.56 Å². The van der Waals surface area contributed by atoms with E-state index < -0.39 is 7.60 Å². The molecule has 1 aromatic heterocycles. The molecule has 0 saturated heterocycles. The highest BCUT2D eigenvalue weighted by molar-refractivity contribution is 7.53. The van der Waals surface area contributed by atoms with Gasteiger partial charge in [-0.3, -0.25) is 13.9 Å². The van der Waals surface area contributed by atoms with Gasteiger partial charge in [-0.1, -0.05) is 11.6 Å². The lowest BCUT2D eigenvalue weighted by Crippen LogP contribution is -2.22. The standard InChI is InChI=1S/C16H22ClN2O4P/c1-4-22-24(21,23-5-2)10-6-7-15-18-14-11-12(17)8-9-13(14)16(20)19(15)3/h8-9,11H,4-7,10H2,1-3H3. The first kappa shape index (κ1) is 19.1. The Morgan fingerprint density at radius 3 is 2.54 bits per heavy atom. The summed E-state index contributed by atoms with van der Waals surface area (Å²) in [6.07, 6.45) is 1.33. The number of halogens is 1. The smallest absolute Gasteiger partial charge is 0.309 e. The molecule has 0 aliphatic heterocycles. The van der Waals surface area contributed by atoms with Crippen molar-refractivity contribution in [3.63, 3.8) is 0 Å². The van der Waals surface area contributed by atoms with Gasteiger partial charge in [0.15, 0.2) is 0 Å². The van der Waals surface area contributed by atoms with Crippen molar-refractivity contribution in [2.45, 2.75) is 26.7 Å². The van der Waals surface area contributed by atoms with Gasteiger partial charge >= 0.3 is 7.60 Å². The van der Waals surface area contributed by atoms with Crippen LogP contribution in [0.1, 0.15) is 26.1 Å². The predicted octanol–water partition coefficient (Wildman–Crippen LogP) is 3.79. The van der Waals surface area contributed by atoms with Gasteiger partial charge in [0.1, 0.15) is 5.82 Å². The van der Waals surface area contributed by atoms with Crippen LogP contribution in [0.15, 0.2) is 23.0 Å². The quantitative estimate of drug-likeness (QED) is 0.659. The van der Waals surface area contributed by atoms with E-state index in [-0.39, 0.29) is 11.7 Å². The fourth-order valence-electron chi connectivity index (χ4n) is 2.50. The number of rotatable bonds is 8. The van der Waals surface area contributed by atoms with Crippen molar-refractivity contribution in [1.82, 2.24) is 9.55 Å². The van der Waals surface area contributed by atoms with E-state index in [0.29, 0.717) is 47.8 Å². The first-order valence-corrected chi connectivity index (χ1v) is 10.0. The maximum atomic E-state index is 12.5. The lowest BCUT2D eigenvalue weighted by molar-refractivity contribution is 0.219. The normalized spacial score (nSPS) is 12.0. The van der Waals surface area contributed by atoms with Gasteiger partial charge in [-0.2, -0.15) is 0 Å². The molecule has 0 unspecified atom stereocenters. The lowest BCUT2D eigenvalue weighted by Gasteiger charge is -2.17. The van der Waals surface area contributed by atoms with Crippen molar-refractivity contribution in [3.8, 4) is 0 Å². The molecule has 0 aliphatic rings. The lowest BCUT2D eigenvalue weighted by atomic mass is 10.2. The van der Waals surface area contributed by atoms with Crippen molar-refractivity contribution in [3.05, 3.63) is 39.4 Å². The van der Waals surface area contributed by atoms with Crippen LogP contribution in [0.25, 0.3) is 10.9 Å². The van der Waals surface area contributed by atoms with E-state index in [0.717, 1.165) is 0 Å². The molecule has 2 aromatic rings. The molecule has 1 aromatic carbocycles. The maximum Gasteiger partial charge on any atom is 0.330 e. The summed E-state index contributed by atoms with van der Waals surface area (Å²) in [5, 5.41) is 1.06. The van der Waals surface area contributed by atoms with E-state index >= 15 is 0 Å². The van der Waals surface area contributed by atoms with Crippen LogP contribution in [0.2, 0.25) is 5.02 Å². The molecule has 0 aliphatic carbocycles. The molecule has 0 spiro atoms. The third-order valence-corrected chi connectivity index (χ3v) is 6.02. The highest BCUT2D eigenvalue weighted by Crippen LogP contribution is 2.48. The molecular formula is C16H22ClN2O4P. The van der Waals surface area contributed by atoms with Gasteiger partial charge in [0, 0.05) is 18.5 Å². The van der Waals surface area contributed by atoms with Gasteiger partial charge in [-0.25, -0.2) is 4.98 Å². The third kappa shape index (κ3) is 4.45. The summed E-state index contributed by atoms with van der Waals surface area (Å²) in [6, 6.07) is 5.02. The molecule has 1 heterocycles. The van der Waals surface area contributed by atoms with E-state index in [1.807, 2.05) is 0 Å². The topological polar surface area (TPSA) is 70.4 Å². The number of nitrogens with zero attached hydrogens (tertiary/aromatic N) is 2. The molecule has 6 nitrogen and oxygen atoms in total. The average molecular weight is 373 g/mol. The summed E-state index contributed by atoms with van der Waals surface area (Å²) in [5.41, 5.74) is 0.447. The number of aromatic nitrogens is 2. The number of benzene rings is 1. The first-order valence-electron chi connectivity index (χ1n) is 7.93. The van der Waals surface area contributed by atoms with Gasteiger partial charge in [0.05, 0.1) is 30.3 Å². The zero-order valence-electron chi connectivity index (χ0n) is 14.1. The van der Waals surface area contributed by atoms with Crippen molar-refractivity contribution in [2.24, 2.45) is 7.05 Å². The molecule has 0 amide bonds. The molecule has 8 heteroatoms. The Morgan fingerprint density at radius 2 is 1.92 bits per heavy atom. The Morgan fingerprint density at radius 1 is 1.25 bits per heavy atom. The zero-order valence-corrected chi connectivity index (χ0v) is 15.8. The summed E-state index contributed by atoms with van der Waals surface area (Å²) >= 11 is 5.98. The summed E-state index contributed by atoms with van der Waals surface area (Å²) in [4.78, 5) is 16.9. The van der Waals surface area contributed by atoms with E-state index in [9.17, 15) is 9.36 Å². The van der Waals surface area contributed by atoms with Crippen LogP contribution in [0.3, 0.4) is 0 Å². The number of fused-ring (bicyclic) bond motifs is 1. The van der Waals surface area contributed by atoms with Crippen LogP contribution in [0, 0.1) is 0 Å². The van der Waals surface area contributed by atoms with E-state index in [4.69, 9.17) is 20.6 Å². The summed E-state index contributed by atoms with van der Waals surface area (Å²) in [5.74, 6) is 0.620. The monoisotopic (exact) mass is 372 g/mol. The Hall–Kier alpha value is -1.20. The molecule has 0 fully saturated rings. The van der Waals surface area contributed by atoms with Crippen LogP contribution in [0.5, 0.6) is 0 Å². The minimum atomic E-state index is -3.08. The first-order chi connectivity index (χ1) is 11.4. The SMILES string of the molecule is CCOP(=O)(CCCc1nc2cc(Cl)ccc2c(=O)n1C)OCC. The highest BCUT2D eigenvalue weighted by Gasteiger charge is 2.23. The Bertz CT molecular complexity index is 812. The third-order valence-electron chi connectivity index (χ3n) is 3.62. The zero-order chi connectivity index (χ0) is 17.7. The van der Waals surface area contributed by atoms with Gasteiger partial charge in [-0.15, -0.1) is 0 Å². The van der Waals surface area contributed by atoms with Gasteiger partial charge in [0.2, 0.25) is 0 Å². The minimum absolute atomic E-state index is 0.121. The fourth-order valence-corrected chi connectivity index (χ4v) is 4.34. The second-order valence-corrected chi connectivity index (χ2v) is 7.95. The molecular weight excluding hydrogens is 351 g/mol. The van der Waals surface area contributed by atoms with E-state index in [1.165, 1.54) is 4.57 Å². The van der Waals surface area contributed by atoms with Crippen LogP contribution < -0.4 is 5.56 Å². The maximum absolute atomic E-state index is 12.5. The number of hydrogen-bond acceptors (Lipinski definition) is 5. The molecule has 0 radical (unpaired) electrons. The van der Waals surface area contributed by atoms with E-state index in [1.54, 1.807) is 39.1 Å². The van der Waals surface area contributed by atoms with Crippen LogP contribution in [0.4, 0.5) is 0 Å². The highest BCUT2D eigenvalue weighted by atomic mass is 35.5. The van der Waals surface area contributed by atoms with Crippen molar-refractivity contribution < 1.29 is 13.6 Å². The summed E-state index contributed by atoms with van der Waals surface area (Å²) in [7, 11) is -1.39. The number of hydrogen-bond donors (Lipinski definition) is 0. The van der Waals surface area contributed by atoms with Gasteiger partial charge in [-0.05, 0) is 38.5 Å². The molecule has 0 bridgehead atoms. The van der Waals surface area contributed by atoms with Crippen LogP contribution in [-0.2, 0) is 27.1 Å². The number of aryl methyl sites for hydroxylation is 1. The summed E-state index contributed by atoms with van der Waals surface area (Å²) < 4.78 is 24.5. The molecule has 0 N–H and O–H groups in total. The molecule has 24 heavy (non-hydrogen) atoms. The second-order valence-electron chi connectivity index (χ2n) is 5.33. The van der Waals surface area contributed by atoms with Crippen molar-refractivity contribution >= 4 is 30.1 Å². The molecule has 2 rings (SSSR count). The minimum Gasteiger partial charge on any atom is -0.309 e. The largest absolute Gasteiger partial charge is 0.330 e. The second kappa shape index (κ2) is 8.26. The Kier molecular flexibility index (Phi) is 6.58. The van der Waals surface area contributed by atoms with Crippen molar-refractivity contribution in [1.29, 1.82) is 0 Å². The molecule has 0 atom stereocenters.